The van der Waals surface area contributed by atoms with Crippen LogP contribution >= 0.6 is 0 Å². The van der Waals surface area contributed by atoms with E-state index in [9.17, 15) is 8.78 Å². The van der Waals surface area contributed by atoms with Gasteiger partial charge in [0, 0.05) is 18.5 Å². The molecule has 0 amide bonds. The molecule has 0 aliphatic carbocycles. The average Bonchev–Trinajstić information content (AvgIpc) is 2.24. The second-order valence-electron chi connectivity index (χ2n) is 3.20. The second kappa shape index (κ2) is 6.15. The molecule has 0 heterocycles. The number of hydrogen-bond donors (Lipinski definition) is 1. The molecule has 0 aliphatic heterocycles. The largest absolute Gasteiger partial charge is 0.313 e. The molecular weight excluding hydrogens is 196 g/mol. The van der Waals surface area contributed by atoms with E-state index in [-0.39, 0.29) is 0 Å². The van der Waals surface area contributed by atoms with E-state index in [4.69, 9.17) is 6.42 Å². The monoisotopic (exact) mass is 209 g/mol. The third kappa shape index (κ3) is 3.69. The second-order valence-corrected chi connectivity index (χ2v) is 3.20. The summed E-state index contributed by atoms with van der Waals surface area (Å²) in [4.78, 5) is 0. The van der Waals surface area contributed by atoms with Crippen molar-refractivity contribution in [2.45, 2.75) is 19.4 Å². The number of halogens is 2. The van der Waals surface area contributed by atoms with Gasteiger partial charge in [0.1, 0.15) is 0 Å². The van der Waals surface area contributed by atoms with E-state index < -0.39 is 11.6 Å². The lowest BCUT2D eigenvalue weighted by atomic mass is 10.2. The maximum Gasteiger partial charge on any atom is 0.163 e. The quantitative estimate of drug-likeness (QED) is 0.580. The van der Waals surface area contributed by atoms with Crippen molar-refractivity contribution in [3.63, 3.8) is 0 Å². The number of hydrogen-bond acceptors (Lipinski definition) is 1. The van der Waals surface area contributed by atoms with Gasteiger partial charge in [-0.15, -0.1) is 12.3 Å². The van der Waals surface area contributed by atoms with Crippen LogP contribution in [0.3, 0.4) is 0 Å². The Hall–Kier alpha value is -1.40. The topological polar surface area (TPSA) is 12.0 Å². The number of nitrogens with one attached hydrogen (secondary N) is 1. The molecule has 3 heteroatoms. The highest BCUT2D eigenvalue weighted by Gasteiger charge is 2.05. The molecule has 0 aliphatic rings. The summed E-state index contributed by atoms with van der Waals surface area (Å²) in [5.74, 6) is 0.929. The van der Waals surface area contributed by atoms with Crippen molar-refractivity contribution in [2.75, 3.05) is 6.54 Å². The van der Waals surface area contributed by atoms with Crippen LogP contribution in [0.2, 0.25) is 0 Å². The van der Waals surface area contributed by atoms with Crippen LogP contribution < -0.4 is 5.32 Å². The smallest absolute Gasteiger partial charge is 0.163 e. The Bertz CT molecular complexity index is 355. The van der Waals surface area contributed by atoms with Crippen LogP contribution in [0, 0.1) is 24.0 Å². The molecule has 0 fully saturated rings. The van der Waals surface area contributed by atoms with Crippen LogP contribution in [-0.2, 0) is 6.54 Å². The van der Waals surface area contributed by atoms with Gasteiger partial charge in [-0.05, 0) is 19.0 Å². The zero-order chi connectivity index (χ0) is 11.1. The Balaban J connectivity index is 2.38. The fraction of sp³-hybridized carbons (Fsp3) is 0.333. The summed E-state index contributed by atoms with van der Waals surface area (Å²) in [5.41, 5.74) is 0.343. The summed E-state index contributed by atoms with van der Waals surface area (Å²) in [6.07, 6.45) is 6.61. The minimum atomic E-state index is -0.807. The molecule has 15 heavy (non-hydrogen) atoms. The van der Waals surface area contributed by atoms with Gasteiger partial charge in [0.25, 0.3) is 0 Å². The number of benzene rings is 1. The molecule has 0 spiro atoms. The van der Waals surface area contributed by atoms with Gasteiger partial charge < -0.3 is 5.32 Å². The van der Waals surface area contributed by atoms with Crippen molar-refractivity contribution in [2.24, 2.45) is 0 Å². The van der Waals surface area contributed by atoms with E-state index in [1.54, 1.807) is 6.07 Å². The maximum atomic E-state index is 13.1. The minimum Gasteiger partial charge on any atom is -0.313 e. The first-order valence-electron chi connectivity index (χ1n) is 4.82. The van der Waals surface area contributed by atoms with Gasteiger partial charge >= 0.3 is 0 Å². The van der Waals surface area contributed by atoms with Crippen LogP contribution in [-0.4, -0.2) is 6.54 Å². The standard InChI is InChI=1S/C12H13F2N/c1-2-3-4-8-15-9-10-6-5-7-11(13)12(10)14/h1,5-7,15H,3-4,8-9H2. The zero-order valence-electron chi connectivity index (χ0n) is 8.39. The van der Waals surface area contributed by atoms with Crippen LogP contribution in [0.1, 0.15) is 18.4 Å². The van der Waals surface area contributed by atoms with Crippen molar-refractivity contribution in [1.82, 2.24) is 5.32 Å². The van der Waals surface area contributed by atoms with Crippen molar-refractivity contribution in [1.29, 1.82) is 0 Å². The van der Waals surface area contributed by atoms with Gasteiger partial charge in [0.05, 0.1) is 0 Å². The summed E-state index contributed by atoms with van der Waals surface area (Å²) in [5, 5.41) is 3.00. The first-order chi connectivity index (χ1) is 7.25. The van der Waals surface area contributed by atoms with E-state index in [0.717, 1.165) is 12.5 Å². The maximum absolute atomic E-state index is 13.1. The van der Waals surface area contributed by atoms with Crippen LogP contribution in [0.25, 0.3) is 0 Å². The van der Waals surface area contributed by atoms with E-state index >= 15 is 0 Å². The number of rotatable bonds is 5. The van der Waals surface area contributed by atoms with Crippen LogP contribution in [0.15, 0.2) is 18.2 Å². The third-order valence-corrected chi connectivity index (χ3v) is 2.02. The van der Waals surface area contributed by atoms with Gasteiger partial charge in [-0.1, -0.05) is 12.1 Å². The summed E-state index contributed by atoms with van der Waals surface area (Å²) in [6.45, 7) is 1.04. The van der Waals surface area contributed by atoms with Crippen molar-refractivity contribution < 1.29 is 8.78 Å². The molecule has 0 saturated carbocycles. The Morgan fingerprint density at radius 2 is 2.13 bits per heavy atom. The molecular formula is C12H13F2N. The molecule has 1 aromatic carbocycles. The van der Waals surface area contributed by atoms with Crippen LogP contribution in [0.4, 0.5) is 8.78 Å². The number of unbranched alkanes of at least 4 members (excludes halogenated alkanes) is 1. The lowest BCUT2D eigenvalue weighted by Crippen LogP contribution is -2.15. The average molecular weight is 209 g/mol. The third-order valence-electron chi connectivity index (χ3n) is 2.02. The summed E-state index contributed by atoms with van der Waals surface area (Å²) in [7, 11) is 0. The van der Waals surface area contributed by atoms with E-state index in [1.807, 2.05) is 0 Å². The van der Waals surface area contributed by atoms with Gasteiger partial charge in [-0.2, -0.15) is 0 Å². The fourth-order valence-electron chi connectivity index (χ4n) is 1.22. The molecule has 1 N–H and O–H groups in total. The van der Waals surface area contributed by atoms with Crippen LogP contribution in [0.5, 0.6) is 0 Å². The predicted molar refractivity (Wildman–Crippen MR) is 56.1 cm³/mol. The Labute approximate surface area is 88.5 Å². The Morgan fingerprint density at radius 1 is 1.33 bits per heavy atom. The molecule has 0 atom stereocenters. The highest BCUT2D eigenvalue weighted by atomic mass is 19.2. The molecule has 1 rings (SSSR count). The SMILES string of the molecule is C#CCCCNCc1cccc(F)c1F. The minimum absolute atomic E-state index is 0.328. The Morgan fingerprint density at radius 3 is 2.87 bits per heavy atom. The fourth-order valence-corrected chi connectivity index (χ4v) is 1.22. The van der Waals surface area contributed by atoms with E-state index in [1.165, 1.54) is 6.07 Å². The van der Waals surface area contributed by atoms with Gasteiger partial charge in [-0.25, -0.2) is 8.78 Å². The van der Waals surface area contributed by atoms with Crippen molar-refractivity contribution >= 4 is 0 Å². The molecule has 0 saturated heterocycles. The molecule has 1 nitrogen and oxygen atoms in total. The Kier molecular flexibility index (Phi) is 4.79. The summed E-state index contributed by atoms with van der Waals surface area (Å²) < 4.78 is 25.9. The van der Waals surface area contributed by atoms with Gasteiger partial charge in [0.15, 0.2) is 11.6 Å². The first-order valence-corrected chi connectivity index (χ1v) is 4.82. The molecule has 0 bridgehead atoms. The van der Waals surface area contributed by atoms with Crippen molar-refractivity contribution in [3.05, 3.63) is 35.4 Å². The highest BCUT2D eigenvalue weighted by molar-refractivity contribution is 5.18. The van der Waals surface area contributed by atoms with Gasteiger partial charge in [-0.3, -0.25) is 0 Å². The lowest BCUT2D eigenvalue weighted by Gasteiger charge is -2.05. The van der Waals surface area contributed by atoms with Gasteiger partial charge in [0.2, 0.25) is 0 Å². The highest BCUT2D eigenvalue weighted by Crippen LogP contribution is 2.10. The lowest BCUT2D eigenvalue weighted by molar-refractivity contribution is 0.492. The first kappa shape index (κ1) is 11.7. The molecule has 80 valence electrons. The molecule has 0 aromatic heterocycles. The zero-order valence-corrected chi connectivity index (χ0v) is 8.39. The molecule has 1 aromatic rings. The number of terminal acetylenes is 1. The predicted octanol–water partition coefficient (Wildman–Crippen LogP) is 2.47. The molecule has 0 radical (unpaired) electrons. The van der Waals surface area contributed by atoms with E-state index in [2.05, 4.69) is 11.2 Å². The van der Waals surface area contributed by atoms with E-state index in [0.29, 0.717) is 25.1 Å². The van der Waals surface area contributed by atoms with Crippen molar-refractivity contribution in [3.8, 4) is 12.3 Å². The normalized spacial score (nSPS) is 9.93. The molecule has 0 unspecified atom stereocenters. The summed E-state index contributed by atoms with van der Waals surface area (Å²) in [6, 6.07) is 4.17. The summed E-state index contributed by atoms with van der Waals surface area (Å²) >= 11 is 0.